The van der Waals surface area contributed by atoms with Crippen molar-refractivity contribution in [2.24, 2.45) is 5.73 Å². The van der Waals surface area contributed by atoms with Gasteiger partial charge in [0.2, 0.25) is 11.8 Å². The van der Waals surface area contributed by atoms with Gasteiger partial charge in [-0.05, 0) is 6.42 Å². The average molecular weight is 414 g/mol. The van der Waals surface area contributed by atoms with E-state index in [1.54, 1.807) is 0 Å². The van der Waals surface area contributed by atoms with E-state index >= 15 is 0 Å². The Bertz CT molecular complexity index is 395. The van der Waals surface area contributed by atoms with Crippen LogP contribution in [-0.4, -0.2) is 53.2 Å². The van der Waals surface area contributed by atoms with Crippen LogP contribution in [0.3, 0.4) is 0 Å². The van der Waals surface area contributed by atoms with Crippen LogP contribution in [0.2, 0.25) is 0 Å². The van der Waals surface area contributed by atoms with Crippen LogP contribution in [0.4, 0.5) is 0 Å². The van der Waals surface area contributed by atoms with Crippen LogP contribution in [0.5, 0.6) is 0 Å². The summed E-state index contributed by atoms with van der Waals surface area (Å²) < 4.78 is 0. The van der Waals surface area contributed by atoms with E-state index in [9.17, 15) is 24.3 Å². The van der Waals surface area contributed by atoms with E-state index in [-0.39, 0.29) is 41.0 Å². The molecule has 0 aromatic rings. The second kappa shape index (κ2) is 11.6. The van der Waals surface area contributed by atoms with Crippen LogP contribution < -0.4 is 21.5 Å². The summed E-state index contributed by atoms with van der Waals surface area (Å²) >= 11 is 3.86. The molecule has 0 unspecified atom stereocenters. The zero-order valence-corrected chi connectivity index (χ0v) is 13.2. The van der Waals surface area contributed by atoms with Crippen LogP contribution in [0, 0.1) is 0 Å². The van der Waals surface area contributed by atoms with Gasteiger partial charge in [0, 0.05) is 18.2 Å². The first kappa shape index (κ1) is 22.2. The Morgan fingerprint density at radius 2 is 1.86 bits per heavy atom. The number of carboxylic acid groups (broad SMARTS) is 2. The Labute approximate surface area is 141 Å². The second-order valence-electron chi connectivity index (χ2n) is 3.88. The van der Waals surface area contributed by atoms with Gasteiger partial charge in [-0.25, -0.2) is 0 Å². The molecule has 0 aromatic heterocycles. The molecule has 0 radical (unpaired) electrons. The van der Waals surface area contributed by atoms with E-state index in [1.165, 1.54) is 0 Å². The van der Waals surface area contributed by atoms with Gasteiger partial charge in [-0.2, -0.15) is 12.6 Å². The Kier molecular flexibility index (Phi) is 12.2. The van der Waals surface area contributed by atoms with Crippen molar-refractivity contribution in [2.45, 2.75) is 24.9 Å². The number of rotatable bonds is 9. The quantitative estimate of drug-likeness (QED) is 0.193. The monoisotopic (exact) mass is 413 g/mol. The predicted molar refractivity (Wildman–Crippen MR) is 68.6 cm³/mol. The number of thiol groups is 1. The number of carboxylic acids is 2. The predicted octanol–water partition coefficient (Wildman–Crippen LogP) is -3.54. The second-order valence-corrected chi connectivity index (χ2v) is 4.24. The van der Waals surface area contributed by atoms with E-state index in [0.29, 0.717) is 0 Å². The summed E-state index contributed by atoms with van der Waals surface area (Å²) in [6.45, 7) is -0.575. The number of nitrogens with one attached hydrogen (secondary N) is 2. The van der Waals surface area contributed by atoms with Gasteiger partial charge >= 0.3 is 28.3 Å². The number of hydrogen-bond acceptors (Lipinski definition) is 7. The van der Waals surface area contributed by atoms with Crippen LogP contribution in [0.15, 0.2) is 0 Å². The number of nitrogens with two attached hydrogens (primary N) is 1. The first-order valence-corrected chi connectivity index (χ1v) is 6.27. The van der Waals surface area contributed by atoms with E-state index < -0.39 is 42.4 Å². The molecule has 5 N–H and O–H groups in total. The molecule has 21 heavy (non-hydrogen) atoms. The molecule has 0 bridgehead atoms. The molecular formula is C10H16AgN3O6S. The molecule has 2 amide bonds. The first-order chi connectivity index (χ1) is 9.27. The van der Waals surface area contributed by atoms with Gasteiger partial charge in [0.1, 0.15) is 12.6 Å². The topological polar surface area (TPSA) is 162 Å². The Hall–Kier alpha value is -1.07. The fraction of sp³-hybridized carbons (Fsp3) is 0.600. The minimum absolute atomic E-state index is 0. The summed E-state index contributed by atoms with van der Waals surface area (Å²) in [6.07, 6.45) is -0.337. The Morgan fingerprint density at radius 1 is 1.29 bits per heavy atom. The molecule has 0 rings (SSSR count). The van der Waals surface area contributed by atoms with E-state index in [2.05, 4.69) is 23.3 Å². The van der Waals surface area contributed by atoms with Gasteiger partial charge in [-0.1, -0.05) is 0 Å². The van der Waals surface area contributed by atoms with Crippen molar-refractivity contribution < 1.29 is 51.8 Å². The summed E-state index contributed by atoms with van der Waals surface area (Å²) in [6, 6.07) is -2.28. The Morgan fingerprint density at radius 3 is 2.29 bits per heavy atom. The van der Waals surface area contributed by atoms with Gasteiger partial charge in [-0.15, -0.1) is 0 Å². The molecule has 124 valence electrons. The van der Waals surface area contributed by atoms with Gasteiger partial charge in [0.25, 0.3) is 0 Å². The molecule has 11 heteroatoms. The standard InChI is InChI=1S/C10H17N3O6S.Ag/c11-5(10(18)19)1-2-7(14)13-6(4-20)9(17)12-3-8(15)16;/h5-6,20H,1-4,11H2,(H,12,17)(H,13,14)(H,15,16)(H,18,19);/q;+1/p-1/t5-,6-;/m0./s1. The number of carbonyl (C=O) groups excluding carboxylic acids is 3. The third-order valence-electron chi connectivity index (χ3n) is 2.23. The van der Waals surface area contributed by atoms with Gasteiger partial charge in [0.15, 0.2) is 0 Å². The molecule has 9 nitrogen and oxygen atoms in total. The SMILES string of the molecule is N[C@@H](CCC(=O)N[C@@H](CS)C(=O)NCC(=O)O)C(=O)[O-].[Ag+]. The number of aliphatic carboxylic acids is 2. The van der Waals surface area contributed by atoms with Crippen LogP contribution in [0.25, 0.3) is 0 Å². The Balaban J connectivity index is 0. The summed E-state index contributed by atoms with van der Waals surface area (Å²) in [4.78, 5) is 43.6. The minimum Gasteiger partial charge on any atom is -0.548 e. The molecule has 0 saturated heterocycles. The van der Waals surface area contributed by atoms with Crippen molar-refractivity contribution in [1.82, 2.24) is 10.6 Å². The summed E-state index contributed by atoms with van der Waals surface area (Å²) in [7, 11) is 0. The normalized spacial score (nSPS) is 12.5. The van der Waals surface area contributed by atoms with E-state index in [0.717, 1.165) is 0 Å². The number of hydrogen-bond donors (Lipinski definition) is 5. The molecule has 0 fully saturated rings. The van der Waals surface area contributed by atoms with Crippen LogP contribution in [-0.2, 0) is 41.6 Å². The van der Waals surface area contributed by atoms with Crippen molar-refractivity contribution in [3.63, 3.8) is 0 Å². The maximum absolute atomic E-state index is 11.5. The van der Waals surface area contributed by atoms with E-state index in [1.807, 2.05) is 0 Å². The van der Waals surface area contributed by atoms with Crippen molar-refractivity contribution in [2.75, 3.05) is 12.3 Å². The number of amides is 2. The molecule has 0 spiro atoms. The van der Waals surface area contributed by atoms with E-state index in [4.69, 9.17) is 10.8 Å². The summed E-state index contributed by atoms with van der Waals surface area (Å²) in [5.41, 5.74) is 5.17. The molecule has 0 aliphatic rings. The molecule has 0 aromatic carbocycles. The first-order valence-electron chi connectivity index (χ1n) is 5.64. The molecule has 0 saturated carbocycles. The largest absolute Gasteiger partial charge is 1.00 e. The zero-order valence-electron chi connectivity index (χ0n) is 10.8. The van der Waals surface area contributed by atoms with Crippen molar-refractivity contribution >= 4 is 36.4 Å². The molecule has 0 aliphatic heterocycles. The van der Waals surface area contributed by atoms with Crippen LogP contribution >= 0.6 is 12.6 Å². The van der Waals surface area contributed by atoms with Gasteiger partial charge < -0.3 is 31.4 Å². The van der Waals surface area contributed by atoms with Crippen molar-refractivity contribution in [1.29, 1.82) is 0 Å². The summed E-state index contributed by atoms with van der Waals surface area (Å²) in [5.74, 6) is -4.01. The molecular weight excluding hydrogens is 398 g/mol. The fourth-order valence-electron chi connectivity index (χ4n) is 1.15. The molecule has 0 heterocycles. The maximum Gasteiger partial charge on any atom is 1.00 e. The average Bonchev–Trinajstić information content (AvgIpc) is 2.38. The number of carbonyl (C=O) groups is 4. The zero-order chi connectivity index (χ0) is 15.7. The smallest absolute Gasteiger partial charge is 0.548 e. The van der Waals surface area contributed by atoms with Gasteiger partial charge in [0.05, 0.1) is 5.97 Å². The summed E-state index contributed by atoms with van der Waals surface area (Å²) in [5, 5.41) is 23.1. The molecule has 0 aliphatic carbocycles. The third-order valence-corrected chi connectivity index (χ3v) is 2.60. The van der Waals surface area contributed by atoms with Crippen LogP contribution in [0.1, 0.15) is 12.8 Å². The minimum atomic E-state index is -1.47. The fourth-order valence-corrected chi connectivity index (χ4v) is 1.41. The van der Waals surface area contributed by atoms with Crippen molar-refractivity contribution in [3.8, 4) is 0 Å². The van der Waals surface area contributed by atoms with Crippen molar-refractivity contribution in [3.05, 3.63) is 0 Å². The maximum atomic E-state index is 11.5. The molecule has 2 atom stereocenters. The third kappa shape index (κ3) is 10.3. The van der Waals surface area contributed by atoms with Gasteiger partial charge in [-0.3, -0.25) is 14.4 Å².